The first-order chi connectivity index (χ1) is 13.8. The molecule has 2 aliphatic rings. The second-order valence-corrected chi connectivity index (χ2v) is 11.5. The Morgan fingerprint density at radius 2 is 1.73 bits per heavy atom. The van der Waals surface area contributed by atoms with Crippen LogP contribution >= 0.6 is 0 Å². The van der Waals surface area contributed by atoms with Gasteiger partial charge in [-0.15, -0.1) is 0 Å². The molecule has 2 amide bonds. The number of hydrogen-bond donors (Lipinski definition) is 2. The third-order valence-corrected chi connectivity index (χ3v) is 8.03. The van der Waals surface area contributed by atoms with Crippen molar-refractivity contribution in [1.29, 1.82) is 0 Å². The zero-order valence-corrected chi connectivity index (χ0v) is 20.6. The molecule has 0 spiro atoms. The highest BCUT2D eigenvalue weighted by Crippen LogP contribution is 2.55. The van der Waals surface area contributed by atoms with E-state index in [-0.39, 0.29) is 52.4 Å². The molecular weight excluding hydrogens is 376 g/mol. The lowest BCUT2D eigenvalue weighted by molar-refractivity contribution is -0.150. The summed E-state index contributed by atoms with van der Waals surface area (Å²) in [4.78, 5) is 27.4. The molecule has 2 fully saturated rings. The van der Waals surface area contributed by atoms with E-state index >= 15 is 0 Å². The molecule has 1 unspecified atom stereocenters. The highest BCUT2D eigenvalue weighted by Gasteiger charge is 2.54. The van der Waals surface area contributed by atoms with Crippen LogP contribution in [0.4, 0.5) is 0 Å². The number of hydrogen-bond acceptors (Lipinski definition) is 3. The van der Waals surface area contributed by atoms with E-state index in [1.807, 2.05) is 25.7 Å². The maximum Gasteiger partial charge on any atom is 0.225 e. The van der Waals surface area contributed by atoms with E-state index in [0.29, 0.717) is 19.5 Å². The zero-order valence-electron chi connectivity index (χ0n) is 20.6. The minimum Gasteiger partial charge on any atom is -0.392 e. The van der Waals surface area contributed by atoms with E-state index in [2.05, 4.69) is 39.9 Å². The number of nitrogens with one attached hydrogen (secondary N) is 1. The number of aliphatic hydroxyl groups is 1. The zero-order chi connectivity index (χ0) is 22.9. The summed E-state index contributed by atoms with van der Waals surface area (Å²) in [5, 5.41) is 14.8. The van der Waals surface area contributed by atoms with Gasteiger partial charge in [-0.05, 0) is 68.1 Å². The van der Waals surface area contributed by atoms with Crippen LogP contribution in [0.3, 0.4) is 0 Å². The predicted molar refractivity (Wildman–Crippen MR) is 122 cm³/mol. The third kappa shape index (κ3) is 5.38. The molecule has 0 aromatic carbocycles. The Labute approximate surface area is 184 Å². The fourth-order valence-electron chi connectivity index (χ4n) is 6.24. The van der Waals surface area contributed by atoms with E-state index in [9.17, 15) is 14.7 Å². The fourth-order valence-corrected chi connectivity index (χ4v) is 6.24. The van der Waals surface area contributed by atoms with Crippen LogP contribution in [0.1, 0.15) is 87.5 Å². The Morgan fingerprint density at radius 3 is 2.27 bits per heavy atom. The molecule has 2 rings (SSSR count). The van der Waals surface area contributed by atoms with Crippen LogP contribution in [0.2, 0.25) is 0 Å². The molecule has 5 nitrogen and oxygen atoms in total. The van der Waals surface area contributed by atoms with Gasteiger partial charge < -0.3 is 15.3 Å². The van der Waals surface area contributed by atoms with Gasteiger partial charge in [-0.3, -0.25) is 9.59 Å². The van der Waals surface area contributed by atoms with Crippen molar-refractivity contribution >= 4 is 11.8 Å². The average Bonchev–Trinajstić information content (AvgIpc) is 2.63. The number of carbonyl (C=O) groups is 2. The van der Waals surface area contributed by atoms with E-state index in [1.54, 1.807) is 0 Å². The van der Waals surface area contributed by atoms with Gasteiger partial charge in [0, 0.05) is 31.5 Å². The van der Waals surface area contributed by atoms with Gasteiger partial charge in [0.05, 0.1) is 6.10 Å². The summed E-state index contributed by atoms with van der Waals surface area (Å²) in [7, 11) is 0. The van der Waals surface area contributed by atoms with Crippen molar-refractivity contribution in [2.45, 2.75) is 99.6 Å². The van der Waals surface area contributed by atoms with Gasteiger partial charge in [-0.1, -0.05) is 41.5 Å². The minimum atomic E-state index is -0.504. The Kier molecular flexibility index (Phi) is 8.04. The fraction of sp³-hybridized carbons (Fsp3) is 0.920. The molecule has 0 heterocycles. The summed E-state index contributed by atoms with van der Waals surface area (Å²) in [6.45, 7) is 18.2. The number of nitrogens with zero attached hydrogens (tertiary/aromatic N) is 1. The molecule has 5 heteroatoms. The van der Waals surface area contributed by atoms with Crippen LogP contribution in [0.15, 0.2) is 0 Å². The molecule has 0 aliphatic heterocycles. The van der Waals surface area contributed by atoms with Crippen molar-refractivity contribution in [2.75, 3.05) is 13.1 Å². The monoisotopic (exact) mass is 422 g/mol. The van der Waals surface area contributed by atoms with Crippen molar-refractivity contribution < 1.29 is 14.7 Å². The molecule has 30 heavy (non-hydrogen) atoms. The van der Waals surface area contributed by atoms with Gasteiger partial charge in [0.15, 0.2) is 0 Å². The first kappa shape index (κ1) is 25.2. The SMILES string of the molecule is CCN(CC)C(=O)[C@@H](C)C1CC[C@@]2(C)CC[C@H](NC(=O)CC(C)(C)C)[C@@H](C)[C@@H]2[C@H]1O. The Balaban J connectivity index is 2.15. The van der Waals surface area contributed by atoms with Gasteiger partial charge in [-0.2, -0.15) is 0 Å². The van der Waals surface area contributed by atoms with Crippen LogP contribution in [0.5, 0.6) is 0 Å². The molecule has 2 saturated carbocycles. The summed E-state index contributed by atoms with van der Waals surface area (Å²) in [6, 6.07) is 0.0973. The second-order valence-electron chi connectivity index (χ2n) is 11.5. The maximum absolute atomic E-state index is 13.0. The summed E-state index contributed by atoms with van der Waals surface area (Å²) in [5.41, 5.74) is 0.0464. The Bertz CT molecular complexity index is 610. The number of rotatable bonds is 6. The molecule has 2 N–H and O–H groups in total. The highest BCUT2D eigenvalue weighted by molar-refractivity contribution is 5.79. The largest absolute Gasteiger partial charge is 0.392 e. The van der Waals surface area contributed by atoms with Crippen LogP contribution in [0, 0.1) is 34.5 Å². The number of carbonyl (C=O) groups excluding carboxylic acids is 2. The summed E-state index contributed by atoms with van der Waals surface area (Å²) in [6.07, 6.45) is 3.94. The van der Waals surface area contributed by atoms with E-state index in [1.165, 1.54) is 0 Å². The van der Waals surface area contributed by atoms with Gasteiger partial charge in [0.2, 0.25) is 11.8 Å². The molecule has 0 saturated heterocycles. The molecule has 7 atom stereocenters. The quantitative estimate of drug-likeness (QED) is 0.673. The van der Waals surface area contributed by atoms with Crippen molar-refractivity contribution in [3.05, 3.63) is 0 Å². The van der Waals surface area contributed by atoms with Crippen molar-refractivity contribution in [1.82, 2.24) is 10.2 Å². The van der Waals surface area contributed by atoms with Crippen LogP contribution in [-0.2, 0) is 9.59 Å². The lowest BCUT2D eigenvalue weighted by Crippen LogP contribution is -2.58. The van der Waals surface area contributed by atoms with E-state index in [4.69, 9.17) is 0 Å². The highest BCUT2D eigenvalue weighted by atomic mass is 16.3. The number of amides is 2. The van der Waals surface area contributed by atoms with Crippen LogP contribution in [0.25, 0.3) is 0 Å². The maximum atomic E-state index is 13.0. The normalized spacial score (nSPS) is 35.3. The number of aliphatic hydroxyl groups excluding tert-OH is 1. The lowest BCUT2D eigenvalue weighted by Gasteiger charge is -2.56. The summed E-state index contributed by atoms with van der Waals surface area (Å²) >= 11 is 0. The van der Waals surface area contributed by atoms with Gasteiger partial charge in [-0.25, -0.2) is 0 Å². The molecule has 0 aromatic rings. The molecule has 174 valence electrons. The lowest BCUT2D eigenvalue weighted by atomic mass is 9.51. The van der Waals surface area contributed by atoms with Crippen LogP contribution < -0.4 is 5.32 Å². The van der Waals surface area contributed by atoms with E-state index < -0.39 is 6.10 Å². The predicted octanol–water partition coefficient (Wildman–Crippen LogP) is 4.24. The smallest absolute Gasteiger partial charge is 0.225 e. The minimum absolute atomic E-state index is 0.0114. The molecular formula is C25H46N2O3. The summed E-state index contributed by atoms with van der Waals surface area (Å²) in [5.74, 6) is 0.384. The van der Waals surface area contributed by atoms with Gasteiger partial charge >= 0.3 is 0 Å². The third-order valence-electron chi connectivity index (χ3n) is 8.03. The van der Waals surface area contributed by atoms with Gasteiger partial charge in [0.1, 0.15) is 0 Å². The van der Waals surface area contributed by atoms with Crippen molar-refractivity contribution in [3.63, 3.8) is 0 Å². The second kappa shape index (κ2) is 9.58. The Hall–Kier alpha value is -1.10. The van der Waals surface area contributed by atoms with Crippen molar-refractivity contribution in [2.24, 2.45) is 34.5 Å². The van der Waals surface area contributed by atoms with E-state index in [0.717, 1.165) is 25.7 Å². The average molecular weight is 423 g/mol. The molecule has 0 bridgehead atoms. The van der Waals surface area contributed by atoms with Gasteiger partial charge in [0.25, 0.3) is 0 Å². The molecule has 0 aromatic heterocycles. The van der Waals surface area contributed by atoms with Crippen LogP contribution in [-0.4, -0.2) is 47.1 Å². The summed E-state index contributed by atoms with van der Waals surface area (Å²) < 4.78 is 0. The number of fused-ring (bicyclic) bond motifs is 1. The Morgan fingerprint density at radius 1 is 1.17 bits per heavy atom. The topological polar surface area (TPSA) is 69.6 Å². The van der Waals surface area contributed by atoms with Crippen molar-refractivity contribution in [3.8, 4) is 0 Å². The standard InChI is InChI=1S/C25H46N2O3/c1-9-27(10-2)23(30)16(3)18-11-13-25(8)14-12-19(17(4)21(25)22(18)29)26-20(28)15-24(5,6)7/h16-19,21-22,29H,9-15H2,1-8H3,(H,26,28)/t16-,17+,18?,19-,21+,22-,25-/m0/s1. The molecule has 0 radical (unpaired) electrons. The first-order valence-electron chi connectivity index (χ1n) is 12.1. The first-order valence-corrected chi connectivity index (χ1v) is 12.1. The molecule has 2 aliphatic carbocycles.